The van der Waals surface area contributed by atoms with Crippen LogP contribution in [-0.2, 0) is 16.0 Å². The summed E-state index contributed by atoms with van der Waals surface area (Å²) in [6, 6.07) is 16.8. The molecule has 2 amide bonds. The number of methoxy groups -OCH3 is 1. The molecule has 2 aromatic rings. The van der Waals surface area contributed by atoms with E-state index in [4.69, 9.17) is 4.74 Å². The van der Waals surface area contributed by atoms with Crippen LogP contribution in [0.5, 0.6) is 5.75 Å². The highest BCUT2D eigenvalue weighted by Gasteiger charge is 2.06. The Kier molecular flexibility index (Phi) is 7.36. The van der Waals surface area contributed by atoms with Gasteiger partial charge in [0.1, 0.15) is 5.75 Å². The summed E-state index contributed by atoms with van der Waals surface area (Å²) in [6.07, 6.45) is 1.10. The maximum Gasteiger partial charge on any atom is 0.240 e. The van der Waals surface area contributed by atoms with Gasteiger partial charge < -0.3 is 10.1 Å². The van der Waals surface area contributed by atoms with Gasteiger partial charge >= 0.3 is 0 Å². The number of rotatable bonds is 8. The smallest absolute Gasteiger partial charge is 0.240 e. The molecule has 0 unspecified atom stereocenters. The highest BCUT2D eigenvalue weighted by atomic mass is 16.5. The minimum absolute atomic E-state index is 0.102. The van der Waals surface area contributed by atoms with Crippen molar-refractivity contribution in [1.29, 1.82) is 0 Å². The van der Waals surface area contributed by atoms with Crippen LogP contribution in [0.1, 0.15) is 25.3 Å². The van der Waals surface area contributed by atoms with Crippen molar-refractivity contribution in [1.82, 2.24) is 5.43 Å². The molecule has 136 valence electrons. The van der Waals surface area contributed by atoms with Crippen LogP contribution in [0.3, 0.4) is 0 Å². The molecule has 2 N–H and O–H groups in total. The lowest BCUT2D eigenvalue weighted by Crippen LogP contribution is -2.21. The van der Waals surface area contributed by atoms with Crippen molar-refractivity contribution in [3.05, 3.63) is 60.2 Å². The first kappa shape index (κ1) is 19.2. The Balaban J connectivity index is 1.74. The van der Waals surface area contributed by atoms with Crippen molar-refractivity contribution >= 4 is 23.2 Å². The van der Waals surface area contributed by atoms with Crippen LogP contribution < -0.4 is 15.5 Å². The van der Waals surface area contributed by atoms with Gasteiger partial charge in [-0.1, -0.05) is 30.3 Å². The van der Waals surface area contributed by atoms with E-state index in [1.54, 1.807) is 38.3 Å². The van der Waals surface area contributed by atoms with Gasteiger partial charge in [0.2, 0.25) is 11.8 Å². The molecule has 0 aromatic heterocycles. The van der Waals surface area contributed by atoms with Gasteiger partial charge in [-0.3, -0.25) is 9.59 Å². The minimum Gasteiger partial charge on any atom is -0.497 e. The molecular weight excluding hydrogens is 330 g/mol. The lowest BCUT2D eigenvalue weighted by atomic mass is 10.1. The summed E-state index contributed by atoms with van der Waals surface area (Å²) in [6.45, 7) is 1.70. The van der Waals surface area contributed by atoms with Gasteiger partial charge in [0.25, 0.3) is 0 Å². The summed E-state index contributed by atoms with van der Waals surface area (Å²) in [5.74, 6) is 0.345. The maximum absolute atomic E-state index is 12.0. The van der Waals surface area contributed by atoms with Gasteiger partial charge in [-0.2, -0.15) is 5.10 Å². The fourth-order valence-electron chi connectivity index (χ4n) is 2.27. The highest BCUT2D eigenvalue weighted by Crippen LogP contribution is 2.15. The summed E-state index contributed by atoms with van der Waals surface area (Å²) in [5.41, 5.74) is 4.80. The number of nitrogens with zero attached hydrogens (tertiary/aromatic N) is 1. The Morgan fingerprint density at radius 3 is 2.35 bits per heavy atom. The number of benzene rings is 2. The second kappa shape index (κ2) is 9.98. The van der Waals surface area contributed by atoms with E-state index in [-0.39, 0.29) is 18.2 Å². The molecule has 0 aliphatic heterocycles. The SMILES string of the molecule is COc1ccc(NC(=O)C/C(C)=N/NC(=O)CCc2ccccc2)cc1. The van der Waals surface area contributed by atoms with E-state index in [1.807, 2.05) is 30.3 Å². The normalized spacial score (nSPS) is 10.9. The van der Waals surface area contributed by atoms with Crippen LogP contribution in [0.25, 0.3) is 0 Å². The van der Waals surface area contributed by atoms with Crippen molar-refractivity contribution in [2.75, 3.05) is 12.4 Å². The summed E-state index contributed by atoms with van der Waals surface area (Å²) in [7, 11) is 1.58. The fraction of sp³-hybridized carbons (Fsp3) is 0.250. The molecule has 2 aromatic carbocycles. The minimum atomic E-state index is -0.199. The van der Waals surface area contributed by atoms with E-state index >= 15 is 0 Å². The Morgan fingerprint density at radius 2 is 1.69 bits per heavy atom. The molecule has 0 aliphatic rings. The summed E-state index contributed by atoms with van der Waals surface area (Å²) >= 11 is 0. The molecule has 26 heavy (non-hydrogen) atoms. The summed E-state index contributed by atoms with van der Waals surface area (Å²) in [4.78, 5) is 23.8. The average molecular weight is 353 g/mol. The largest absolute Gasteiger partial charge is 0.497 e. The van der Waals surface area contributed by atoms with Gasteiger partial charge in [0.05, 0.1) is 13.5 Å². The van der Waals surface area contributed by atoms with Crippen LogP contribution in [0, 0.1) is 0 Å². The molecule has 0 spiro atoms. The molecule has 0 heterocycles. The number of carbonyl (C=O) groups is 2. The Bertz CT molecular complexity index is 756. The lowest BCUT2D eigenvalue weighted by Gasteiger charge is -2.06. The summed E-state index contributed by atoms with van der Waals surface area (Å²) < 4.78 is 5.07. The molecule has 6 heteroatoms. The number of hydrazone groups is 1. The number of carbonyl (C=O) groups excluding carboxylic acids is 2. The van der Waals surface area contributed by atoms with Gasteiger partial charge in [0.15, 0.2) is 0 Å². The first-order valence-corrected chi connectivity index (χ1v) is 8.36. The monoisotopic (exact) mass is 353 g/mol. The second-order valence-electron chi connectivity index (χ2n) is 5.82. The topological polar surface area (TPSA) is 79.8 Å². The Hall–Kier alpha value is -3.15. The Morgan fingerprint density at radius 1 is 1.00 bits per heavy atom. The van der Waals surface area contributed by atoms with Crippen LogP contribution in [0.15, 0.2) is 59.7 Å². The molecule has 0 saturated heterocycles. The van der Waals surface area contributed by atoms with E-state index in [0.717, 1.165) is 11.3 Å². The Labute approximate surface area is 153 Å². The average Bonchev–Trinajstić information content (AvgIpc) is 2.66. The second-order valence-corrected chi connectivity index (χ2v) is 5.82. The van der Waals surface area contributed by atoms with Crippen LogP contribution in [0.4, 0.5) is 5.69 Å². The third kappa shape index (κ3) is 6.76. The summed E-state index contributed by atoms with van der Waals surface area (Å²) in [5, 5.41) is 6.75. The van der Waals surface area contributed by atoms with Crippen molar-refractivity contribution < 1.29 is 14.3 Å². The third-order valence-corrected chi connectivity index (χ3v) is 3.65. The van der Waals surface area contributed by atoms with Gasteiger partial charge in [0, 0.05) is 17.8 Å². The van der Waals surface area contributed by atoms with Crippen LogP contribution in [0.2, 0.25) is 0 Å². The number of ether oxygens (including phenoxy) is 1. The number of hydrogen-bond donors (Lipinski definition) is 2. The zero-order chi connectivity index (χ0) is 18.8. The van der Waals surface area contributed by atoms with E-state index in [0.29, 0.717) is 24.2 Å². The fourth-order valence-corrected chi connectivity index (χ4v) is 2.27. The van der Waals surface area contributed by atoms with E-state index in [2.05, 4.69) is 15.8 Å². The molecule has 0 fully saturated rings. The molecule has 0 radical (unpaired) electrons. The quantitative estimate of drug-likeness (QED) is 0.565. The number of amides is 2. The predicted molar refractivity (Wildman–Crippen MR) is 102 cm³/mol. The standard InChI is InChI=1S/C20H23N3O3/c1-15(14-20(25)21-17-9-11-18(26-2)12-10-17)22-23-19(24)13-8-16-6-4-3-5-7-16/h3-7,9-12H,8,13-14H2,1-2H3,(H,21,25)(H,23,24)/b22-15+. The lowest BCUT2D eigenvalue weighted by molar-refractivity contribution is -0.121. The molecule has 2 rings (SSSR count). The van der Waals surface area contributed by atoms with Crippen molar-refractivity contribution in [2.45, 2.75) is 26.2 Å². The van der Waals surface area contributed by atoms with Crippen molar-refractivity contribution in [3.63, 3.8) is 0 Å². The zero-order valence-electron chi connectivity index (χ0n) is 15.0. The molecule has 0 saturated carbocycles. The van der Waals surface area contributed by atoms with Gasteiger partial charge in [-0.15, -0.1) is 0 Å². The van der Waals surface area contributed by atoms with E-state index in [9.17, 15) is 9.59 Å². The predicted octanol–water partition coefficient (Wildman–Crippen LogP) is 3.15. The highest BCUT2D eigenvalue weighted by molar-refractivity contribution is 6.05. The molecule has 6 nitrogen and oxygen atoms in total. The van der Waals surface area contributed by atoms with E-state index in [1.165, 1.54) is 0 Å². The van der Waals surface area contributed by atoms with Crippen molar-refractivity contribution in [2.24, 2.45) is 5.10 Å². The van der Waals surface area contributed by atoms with E-state index < -0.39 is 0 Å². The number of nitrogens with one attached hydrogen (secondary N) is 2. The van der Waals surface area contributed by atoms with Gasteiger partial charge in [-0.05, 0) is 43.2 Å². The van der Waals surface area contributed by atoms with Crippen LogP contribution in [-0.4, -0.2) is 24.6 Å². The molecule has 0 atom stereocenters. The third-order valence-electron chi connectivity index (χ3n) is 3.65. The van der Waals surface area contributed by atoms with Crippen LogP contribution >= 0.6 is 0 Å². The molecule has 0 aliphatic carbocycles. The molecule has 0 bridgehead atoms. The number of aryl methyl sites for hydroxylation is 1. The van der Waals surface area contributed by atoms with Crippen molar-refractivity contribution in [3.8, 4) is 5.75 Å². The maximum atomic E-state index is 12.0. The van der Waals surface area contributed by atoms with Gasteiger partial charge in [-0.25, -0.2) is 5.43 Å². The first-order chi connectivity index (χ1) is 12.6. The number of anilines is 1. The zero-order valence-corrected chi connectivity index (χ0v) is 15.0. The molecular formula is C20H23N3O3. The first-order valence-electron chi connectivity index (χ1n) is 8.36. The number of hydrogen-bond acceptors (Lipinski definition) is 4.